The van der Waals surface area contributed by atoms with E-state index in [-0.39, 0.29) is 24.9 Å². The fraction of sp³-hybridized carbons (Fsp3) is 0.909. The van der Waals surface area contributed by atoms with Crippen LogP contribution in [0.3, 0.4) is 0 Å². The minimum atomic E-state index is -4.18. The second-order valence-corrected chi connectivity index (χ2v) is 5.37. The standard InChI is InChI=1S/C11H22F3N3OS.ClH/c1-17(8-11(12,13)14)6-3-5-16-10(18)9(15)4-7-19-2;/h9H,3-8,15H2,1-2H3,(H,16,18);1H. The highest BCUT2D eigenvalue weighted by Gasteiger charge is 2.28. The highest BCUT2D eigenvalue weighted by molar-refractivity contribution is 7.98. The highest BCUT2D eigenvalue weighted by Crippen LogP contribution is 2.15. The number of hydrogen-bond acceptors (Lipinski definition) is 4. The number of alkyl halides is 3. The fourth-order valence-electron chi connectivity index (χ4n) is 1.45. The third-order valence-corrected chi connectivity index (χ3v) is 3.08. The average molecular weight is 338 g/mol. The molecule has 0 aliphatic carbocycles. The van der Waals surface area contributed by atoms with Crippen molar-refractivity contribution in [2.75, 3.05) is 38.7 Å². The molecule has 0 bridgehead atoms. The van der Waals surface area contributed by atoms with Gasteiger partial charge in [-0.25, -0.2) is 0 Å². The number of carbonyl (C=O) groups is 1. The number of halogens is 4. The van der Waals surface area contributed by atoms with Crippen molar-refractivity contribution in [3.8, 4) is 0 Å². The lowest BCUT2D eigenvalue weighted by atomic mass is 10.2. The third kappa shape index (κ3) is 12.8. The number of nitrogens with two attached hydrogens (primary N) is 1. The smallest absolute Gasteiger partial charge is 0.355 e. The van der Waals surface area contributed by atoms with Crippen LogP contribution >= 0.6 is 24.2 Å². The number of rotatable bonds is 9. The van der Waals surface area contributed by atoms with E-state index >= 15 is 0 Å². The molecule has 122 valence electrons. The van der Waals surface area contributed by atoms with Crippen molar-refractivity contribution >= 4 is 30.1 Å². The summed E-state index contributed by atoms with van der Waals surface area (Å²) in [5.74, 6) is 0.565. The van der Waals surface area contributed by atoms with Gasteiger partial charge >= 0.3 is 6.18 Å². The predicted octanol–water partition coefficient (Wildman–Crippen LogP) is 1.49. The molecule has 0 rings (SSSR count). The van der Waals surface area contributed by atoms with Crippen LogP contribution in [0.2, 0.25) is 0 Å². The fourth-order valence-corrected chi connectivity index (χ4v) is 1.94. The normalized spacial score (nSPS) is 12.9. The van der Waals surface area contributed by atoms with Gasteiger partial charge in [0.1, 0.15) is 0 Å². The SMILES string of the molecule is CSCCC(N)C(=O)NCCCN(C)CC(F)(F)F.Cl. The summed E-state index contributed by atoms with van der Waals surface area (Å²) in [6.45, 7) is -0.317. The van der Waals surface area contributed by atoms with E-state index < -0.39 is 18.8 Å². The largest absolute Gasteiger partial charge is 0.401 e. The van der Waals surface area contributed by atoms with Gasteiger partial charge in [-0.05, 0) is 38.4 Å². The second kappa shape index (κ2) is 11.5. The molecule has 0 aliphatic heterocycles. The second-order valence-electron chi connectivity index (χ2n) is 4.39. The molecule has 0 aromatic rings. The molecule has 0 aliphatic rings. The summed E-state index contributed by atoms with van der Waals surface area (Å²) in [4.78, 5) is 12.7. The van der Waals surface area contributed by atoms with Crippen molar-refractivity contribution in [2.45, 2.75) is 25.1 Å². The van der Waals surface area contributed by atoms with Gasteiger partial charge in [0.2, 0.25) is 5.91 Å². The Balaban J connectivity index is 0. The molecule has 9 heteroatoms. The molecule has 0 fully saturated rings. The number of amides is 1. The van der Waals surface area contributed by atoms with Crippen molar-refractivity contribution in [2.24, 2.45) is 5.73 Å². The number of nitrogens with zero attached hydrogens (tertiary/aromatic N) is 1. The summed E-state index contributed by atoms with van der Waals surface area (Å²) in [6, 6.07) is -0.541. The molecule has 0 radical (unpaired) electrons. The van der Waals surface area contributed by atoms with E-state index in [4.69, 9.17) is 5.73 Å². The van der Waals surface area contributed by atoms with Crippen LogP contribution in [0.25, 0.3) is 0 Å². The molecule has 0 saturated carbocycles. The Bertz CT molecular complexity index is 270. The Morgan fingerprint density at radius 2 is 2.05 bits per heavy atom. The minimum Gasteiger partial charge on any atom is -0.355 e. The summed E-state index contributed by atoms with van der Waals surface area (Å²) in [7, 11) is 1.40. The molecule has 3 N–H and O–H groups in total. The van der Waals surface area contributed by atoms with Crippen LogP contribution in [-0.2, 0) is 4.79 Å². The van der Waals surface area contributed by atoms with E-state index in [1.54, 1.807) is 11.8 Å². The van der Waals surface area contributed by atoms with Crippen molar-refractivity contribution in [3.63, 3.8) is 0 Å². The van der Waals surface area contributed by atoms with Crippen LogP contribution in [0.5, 0.6) is 0 Å². The first-order valence-electron chi connectivity index (χ1n) is 6.04. The predicted molar refractivity (Wildman–Crippen MR) is 79.4 cm³/mol. The van der Waals surface area contributed by atoms with E-state index in [1.807, 2.05) is 6.26 Å². The maximum absolute atomic E-state index is 12.0. The van der Waals surface area contributed by atoms with Crippen LogP contribution in [0.15, 0.2) is 0 Å². The first-order chi connectivity index (χ1) is 8.76. The number of carbonyl (C=O) groups excluding carboxylic acids is 1. The molecule has 4 nitrogen and oxygen atoms in total. The maximum atomic E-state index is 12.0. The summed E-state index contributed by atoms with van der Waals surface area (Å²) in [5.41, 5.74) is 5.64. The van der Waals surface area contributed by atoms with E-state index in [1.165, 1.54) is 11.9 Å². The molecule has 0 spiro atoms. The van der Waals surface area contributed by atoms with E-state index in [2.05, 4.69) is 5.32 Å². The van der Waals surface area contributed by atoms with Gasteiger partial charge < -0.3 is 11.1 Å². The summed E-state index contributed by atoms with van der Waals surface area (Å²) < 4.78 is 36.1. The van der Waals surface area contributed by atoms with Crippen LogP contribution in [0.4, 0.5) is 13.2 Å². The van der Waals surface area contributed by atoms with Gasteiger partial charge in [0, 0.05) is 6.54 Å². The quantitative estimate of drug-likeness (QED) is 0.626. The molecule has 0 saturated heterocycles. The maximum Gasteiger partial charge on any atom is 0.401 e. The lowest BCUT2D eigenvalue weighted by Crippen LogP contribution is -2.42. The van der Waals surface area contributed by atoms with Crippen LogP contribution in [0.1, 0.15) is 12.8 Å². The Labute approximate surface area is 128 Å². The number of nitrogens with one attached hydrogen (secondary N) is 1. The molecule has 20 heavy (non-hydrogen) atoms. The van der Waals surface area contributed by atoms with Crippen LogP contribution < -0.4 is 11.1 Å². The highest BCUT2D eigenvalue weighted by atomic mass is 35.5. The molecule has 1 unspecified atom stereocenters. The lowest BCUT2D eigenvalue weighted by Gasteiger charge is -2.18. The molecular weight excluding hydrogens is 315 g/mol. The van der Waals surface area contributed by atoms with Crippen molar-refractivity contribution in [1.29, 1.82) is 0 Å². The first-order valence-corrected chi connectivity index (χ1v) is 7.43. The Morgan fingerprint density at radius 3 is 2.55 bits per heavy atom. The van der Waals surface area contributed by atoms with Crippen molar-refractivity contribution in [3.05, 3.63) is 0 Å². The topological polar surface area (TPSA) is 58.4 Å². The van der Waals surface area contributed by atoms with E-state index in [0.29, 0.717) is 19.4 Å². The molecule has 1 amide bonds. The van der Waals surface area contributed by atoms with E-state index in [0.717, 1.165) is 5.75 Å². The van der Waals surface area contributed by atoms with Crippen molar-refractivity contribution < 1.29 is 18.0 Å². The van der Waals surface area contributed by atoms with Gasteiger partial charge in [-0.2, -0.15) is 24.9 Å². The van der Waals surface area contributed by atoms with Crippen LogP contribution in [0, 0.1) is 0 Å². The first kappa shape index (κ1) is 22.1. The number of hydrogen-bond donors (Lipinski definition) is 2. The van der Waals surface area contributed by atoms with Gasteiger partial charge in [-0.15, -0.1) is 12.4 Å². The Hall–Kier alpha value is -0.180. The molecular formula is C11H23ClF3N3OS. The molecule has 1 atom stereocenters. The molecule has 0 aromatic heterocycles. The summed E-state index contributed by atoms with van der Waals surface area (Å²) in [6.07, 6.45) is -1.19. The number of thioether (sulfide) groups is 1. The zero-order valence-electron chi connectivity index (χ0n) is 11.7. The summed E-state index contributed by atoms with van der Waals surface area (Å²) in [5, 5.41) is 2.63. The van der Waals surface area contributed by atoms with Gasteiger partial charge in [-0.1, -0.05) is 0 Å². The minimum absolute atomic E-state index is 0. The zero-order chi connectivity index (χ0) is 14.9. The monoisotopic (exact) mass is 337 g/mol. The Kier molecular flexibility index (Phi) is 12.7. The van der Waals surface area contributed by atoms with Gasteiger partial charge in [-0.3, -0.25) is 9.69 Å². The van der Waals surface area contributed by atoms with Gasteiger partial charge in [0.05, 0.1) is 12.6 Å². The lowest BCUT2D eigenvalue weighted by molar-refractivity contribution is -0.143. The summed E-state index contributed by atoms with van der Waals surface area (Å²) >= 11 is 1.61. The van der Waals surface area contributed by atoms with Gasteiger partial charge in [0.25, 0.3) is 0 Å². The zero-order valence-corrected chi connectivity index (χ0v) is 13.3. The van der Waals surface area contributed by atoms with Crippen LogP contribution in [-0.4, -0.2) is 61.7 Å². The molecule has 0 aromatic carbocycles. The van der Waals surface area contributed by atoms with Gasteiger partial charge in [0.15, 0.2) is 0 Å². The average Bonchev–Trinajstić information content (AvgIpc) is 2.29. The Morgan fingerprint density at radius 1 is 1.45 bits per heavy atom. The third-order valence-electron chi connectivity index (χ3n) is 2.43. The van der Waals surface area contributed by atoms with E-state index in [9.17, 15) is 18.0 Å². The molecule has 0 heterocycles. The van der Waals surface area contributed by atoms with Crippen molar-refractivity contribution in [1.82, 2.24) is 10.2 Å².